The first-order valence-electron chi connectivity index (χ1n) is 13.1. The molecule has 0 N–H and O–H groups in total. The van der Waals surface area contributed by atoms with Crippen LogP contribution in [0.2, 0.25) is 0 Å². The van der Waals surface area contributed by atoms with Crippen molar-refractivity contribution in [2.45, 2.75) is 106 Å². The molecule has 0 aliphatic heterocycles. The van der Waals surface area contributed by atoms with Crippen LogP contribution in [-0.2, 0) is 4.79 Å². The Morgan fingerprint density at radius 2 is 1.70 bits per heavy atom. The summed E-state index contributed by atoms with van der Waals surface area (Å²) in [5, 5.41) is 0. The van der Waals surface area contributed by atoms with Gasteiger partial charge in [0.25, 0.3) is 0 Å². The lowest BCUT2D eigenvalue weighted by molar-refractivity contribution is -0.228. The van der Waals surface area contributed by atoms with E-state index >= 15 is 0 Å². The molecule has 0 bridgehead atoms. The van der Waals surface area contributed by atoms with Crippen molar-refractivity contribution in [3.05, 3.63) is 12.2 Å². The molecule has 1 nitrogen and oxygen atoms in total. The Hall–Kier alpha value is -0.590. The van der Waals surface area contributed by atoms with E-state index in [0.717, 1.165) is 18.3 Å². The van der Waals surface area contributed by atoms with Gasteiger partial charge in [0.05, 0.1) is 0 Å². The topological polar surface area (TPSA) is 17.1 Å². The standard InChI is InChI=1S/C29H48O/c1-19(2)22-12-14-29(8)24(27(22,6)17-18-30)10-9-23-25-21(4)20(3)11-13-26(25,5)15-16-28(23,29)7/h18-19,21-25H,3,9-17H2,1-2,4-8H3/t21-,22-,23+,24+,25-,26+,27-,28+,29+/m0/s1. The van der Waals surface area contributed by atoms with E-state index in [9.17, 15) is 4.79 Å². The van der Waals surface area contributed by atoms with Gasteiger partial charge in [-0.1, -0.05) is 60.6 Å². The first-order chi connectivity index (χ1) is 13.9. The molecule has 1 heteroatoms. The Bertz CT molecular complexity index is 707. The Morgan fingerprint density at radius 3 is 2.33 bits per heavy atom. The number of hydrogen-bond acceptors (Lipinski definition) is 1. The lowest BCUT2D eigenvalue weighted by Gasteiger charge is -2.72. The molecule has 4 fully saturated rings. The summed E-state index contributed by atoms with van der Waals surface area (Å²) in [5.74, 6) is 4.33. The van der Waals surface area contributed by atoms with Gasteiger partial charge >= 0.3 is 0 Å². The molecule has 4 rings (SSSR count). The molecule has 30 heavy (non-hydrogen) atoms. The quantitative estimate of drug-likeness (QED) is 0.338. The summed E-state index contributed by atoms with van der Waals surface area (Å²) in [6.07, 6.45) is 12.7. The summed E-state index contributed by atoms with van der Waals surface area (Å²) in [6, 6.07) is 0. The Balaban J connectivity index is 1.76. The van der Waals surface area contributed by atoms with E-state index in [0.29, 0.717) is 39.9 Å². The number of allylic oxidation sites excluding steroid dienone is 1. The van der Waals surface area contributed by atoms with Crippen LogP contribution in [0.15, 0.2) is 12.2 Å². The predicted molar refractivity (Wildman–Crippen MR) is 127 cm³/mol. The first kappa shape index (κ1) is 22.6. The van der Waals surface area contributed by atoms with Gasteiger partial charge in [0.15, 0.2) is 0 Å². The second-order valence-electron chi connectivity index (χ2n) is 13.5. The molecule has 4 saturated carbocycles. The van der Waals surface area contributed by atoms with Crippen LogP contribution in [0.1, 0.15) is 106 Å². The largest absolute Gasteiger partial charge is 0.303 e. The molecule has 4 aliphatic carbocycles. The zero-order valence-corrected chi connectivity index (χ0v) is 21.0. The normalized spacial score (nSPS) is 53.6. The van der Waals surface area contributed by atoms with Gasteiger partial charge in [0, 0.05) is 6.42 Å². The number of aldehydes is 1. The lowest BCUT2D eigenvalue weighted by Crippen LogP contribution is -2.65. The van der Waals surface area contributed by atoms with Gasteiger partial charge in [0.2, 0.25) is 0 Å². The van der Waals surface area contributed by atoms with Gasteiger partial charge in [0.1, 0.15) is 6.29 Å². The maximum atomic E-state index is 11.9. The van der Waals surface area contributed by atoms with E-state index in [1.807, 2.05) is 0 Å². The molecular formula is C29H48O. The average Bonchev–Trinajstić information content (AvgIpc) is 2.66. The number of hydrogen-bond donors (Lipinski definition) is 0. The molecule has 9 atom stereocenters. The van der Waals surface area contributed by atoms with Crippen LogP contribution < -0.4 is 0 Å². The fraction of sp³-hybridized carbons (Fsp3) is 0.897. The van der Waals surface area contributed by atoms with Crippen molar-refractivity contribution in [3.63, 3.8) is 0 Å². The molecule has 4 aliphatic rings. The van der Waals surface area contributed by atoms with Crippen molar-refractivity contribution in [1.82, 2.24) is 0 Å². The van der Waals surface area contributed by atoms with Crippen molar-refractivity contribution in [2.75, 3.05) is 0 Å². The van der Waals surface area contributed by atoms with Crippen LogP contribution in [-0.4, -0.2) is 6.29 Å². The SMILES string of the molecule is C=C1CC[C@]2(C)CC[C@]3(C)[C@H](CC[C@@H]4[C@@](C)(CC=O)[C@H](C(C)C)CC[C@]43C)[C@@H]2[C@H]1C. The minimum atomic E-state index is 0.166. The van der Waals surface area contributed by atoms with Gasteiger partial charge in [-0.3, -0.25) is 0 Å². The zero-order valence-electron chi connectivity index (χ0n) is 21.0. The Labute approximate surface area is 186 Å². The van der Waals surface area contributed by atoms with E-state index in [4.69, 9.17) is 0 Å². The molecule has 0 unspecified atom stereocenters. The highest BCUT2D eigenvalue weighted by Crippen LogP contribution is 2.75. The fourth-order valence-corrected chi connectivity index (χ4v) is 10.3. The smallest absolute Gasteiger partial charge is 0.120 e. The highest BCUT2D eigenvalue weighted by atomic mass is 16.1. The molecule has 0 aromatic carbocycles. The second-order valence-corrected chi connectivity index (χ2v) is 13.5. The van der Waals surface area contributed by atoms with Crippen LogP contribution in [0, 0.1) is 57.2 Å². The van der Waals surface area contributed by atoms with Crippen molar-refractivity contribution in [3.8, 4) is 0 Å². The van der Waals surface area contributed by atoms with Crippen LogP contribution >= 0.6 is 0 Å². The average molecular weight is 413 g/mol. The Kier molecular flexibility index (Phi) is 5.43. The summed E-state index contributed by atoms with van der Waals surface area (Å²) < 4.78 is 0. The van der Waals surface area contributed by atoms with E-state index in [1.165, 1.54) is 63.2 Å². The third-order valence-electron chi connectivity index (χ3n) is 12.3. The third kappa shape index (κ3) is 2.82. The minimum Gasteiger partial charge on any atom is -0.303 e. The third-order valence-corrected chi connectivity index (χ3v) is 12.3. The first-order valence-corrected chi connectivity index (χ1v) is 13.1. The summed E-state index contributed by atoms with van der Waals surface area (Å²) in [7, 11) is 0. The van der Waals surface area contributed by atoms with Crippen LogP contribution in [0.25, 0.3) is 0 Å². The highest BCUT2D eigenvalue weighted by molar-refractivity contribution is 5.51. The molecular weight excluding hydrogens is 364 g/mol. The second kappa shape index (κ2) is 7.21. The maximum absolute atomic E-state index is 11.9. The predicted octanol–water partition coefficient (Wildman–Crippen LogP) is 8.09. The molecule has 170 valence electrons. The van der Waals surface area contributed by atoms with Crippen LogP contribution in [0.4, 0.5) is 0 Å². The van der Waals surface area contributed by atoms with E-state index < -0.39 is 0 Å². The lowest BCUT2D eigenvalue weighted by atomic mass is 9.33. The van der Waals surface area contributed by atoms with E-state index in [1.54, 1.807) is 0 Å². The van der Waals surface area contributed by atoms with Crippen LogP contribution in [0.5, 0.6) is 0 Å². The van der Waals surface area contributed by atoms with Gasteiger partial charge in [-0.15, -0.1) is 0 Å². The summed E-state index contributed by atoms with van der Waals surface area (Å²) in [6.45, 7) is 22.3. The van der Waals surface area contributed by atoms with Gasteiger partial charge in [-0.05, 0) is 109 Å². The molecule has 0 aromatic heterocycles. The van der Waals surface area contributed by atoms with Crippen molar-refractivity contribution >= 4 is 6.29 Å². The molecule has 0 saturated heterocycles. The fourth-order valence-electron chi connectivity index (χ4n) is 10.3. The van der Waals surface area contributed by atoms with Gasteiger partial charge in [-0.2, -0.15) is 0 Å². The molecule has 0 aromatic rings. The van der Waals surface area contributed by atoms with Gasteiger partial charge in [-0.25, -0.2) is 0 Å². The highest BCUT2D eigenvalue weighted by Gasteiger charge is 2.67. The number of carbonyl (C=O) groups excluding carboxylic acids is 1. The minimum absolute atomic E-state index is 0.166. The zero-order chi connectivity index (χ0) is 22.1. The molecule has 0 spiro atoms. The maximum Gasteiger partial charge on any atom is 0.120 e. The van der Waals surface area contributed by atoms with E-state index in [-0.39, 0.29) is 5.41 Å². The summed E-state index contributed by atoms with van der Waals surface area (Å²) in [4.78, 5) is 11.9. The molecule has 0 radical (unpaired) electrons. The molecule has 0 amide bonds. The van der Waals surface area contributed by atoms with Crippen molar-refractivity contribution < 1.29 is 4.79 Å². The Morgan fingerprint density at radius 1 is 1.00 bits per heavy atom. The monoisotopic (exact) mass is 412 g/mol. The number of carbonyl (C=O) groups is 1. The number of rotatable bonds is 3. The van der Waals surface area contributed by atoms with Crippen molar-refractivity contribution in [2.24, 2.45) is 57.2 Å². The summed E-state index contributed by atoms with van der Waals surface area (Å²) in [5.41, 5.74) is 2.95. The summed E-state index contributed by atoms with van der Waals surface area (Å²) >= 11 is 0. The van der Waals surface area contributed by atoms with Crippen molar-refractivity contribution in [1.29, 1.82) is 0 Å². The molecule has 0 heterocycles. The van der Waals surface area contributed by atoms with Gasteiger partial charge < -0.3 is 4.79 Å². The number of fused-ring (bicyclic) bond motifs is 5. The van der Waals surface area contributed by atoms with E-state index in [2.05, 4.69) is 55.0 Å². The van der Waals surface area contributed by atoms with Crippen LogP contribution in [0.3, 0.4) is 0 Å².